The smallest absolute Gasteiger partial charge is 0.244 e. The van der Waals surface area contributed by atoms with Crippen molar-refractivity contribution in [2.24, 2.45) is 0 Å². The normalized spacial score (nSPS) is 11.0. The Balaban J connectivity index is 1.58. The molecule has 0 radical (unpaired) electrons. The Hall–Kier alpha value is -3.48. The summed E-state index contributed by atoms with van der Waals surface area (Å²) in [4.78, 5) is 16.7. The Kier molecular flexibility index (Phi) is 6.16. The first-order valence-corrected chi connectivity index (χ1v) is 8.83. The van der Waals surface area contributed by atoms with Crippen LogP contribution in [-0.2, 0) is 11.2 Å². The molecule has 2 aromatic heterocycles. The van der Waals surface area contributed by atoms with E-state index in [2.05, 4.69) is 10.3 Å². The summed E-state index contributed by atoms with van der Waals surface area (Å²) in [6.45, 7) is 0.477. The monoisotopic (exact) mass is 381 g/mol. The summed E-state index contributed by atoms with van der Waals surface area (Å²) in [7, 11) is 4.80. The van der Waals surface area contributed by atoms with Gasteiger partial charge in [0, 0.05) is 37.0 Å². The summed E-state index contributed by atoms with van der Waals surface area (Å²) in [6, 6.07) is 9.18. The van der Waals surface area contributed by atoms with Gasteiger partial charge in [-0.2, -0.15) is 0 Å². The topological polar surface area (TPSA) is 74.1 Å². The second-order valence-corrected chi connectivity index (χ2v) is 6.02. The predicted octanol–water partition coefficient (Wildman–Crippen LogP) is 2.73. The van der Waals surface area contributed by atoms with E-state index in [0.29, 0.717) is 30.2 Å². The van der Waals surface area contributed by atoms with Crippen molar-refractivity contribution in [1.29, 1.82) is 0 Å². The van der Waals surface area contributed by atoms with E-state index >= 15 is 0 Å². The van der Waals surface area contributed by atoms with Crippen molar-refractivity contribution in [2.75, 3.05) is 27.9 Å². The molecule has 0 fully saturated rings. The molecule has 7 heteroatoms. The number of hydrogen-bond donors (Lipinski definition) is 1. The molecule has 0 aliphatic carbocycles. The van der Waals surface area contributed by atoms with E-state index < -0.39 is 0 Å². The number of fused-ring (bicyclic) bond motifs is 1. The van der Waals surface area contributed by atoms with E-state index in [1.54, 1.807) is 39.5 Å². The van der Waals surface area contributed by atoms with Gasteiger partial charge in [-0.05, 0) is 36.4 Å². The number of methoxy groups -OCH3 is 3. The number of rotatable bonds is 8. The first kappa shape index (κ1) is 19.3. The van der Waals surface area contributed by atoms with Gasteiger partial charge in [0.25, 0.3) is 0 Å². The lowest BCUT2D eigenvalue weighted by Crippen LogP contribution is -2.23. The second-order valence-electron chi connectivity index (χ2n) is 6.02. The molecular weight excluding hydrogens is 358 g/mol. The van der Waals surface area contributed by atoms with Crippen LogP contribution in [0.3, 0.4) is 0 Å². The van der Waals surface area contributed by atoms with Gasteiger partial charge in [0.1, 0.15) is 11.5 Å². The van der Waals surface area contributed by atoms with Crippen LogP contribution in [-0.4, -0.2) is 43.2 Å². The number of carbonyl (C=O) groups excluding carboxylic acids is 1. The Morgan fingerprint density at radius 1 is 1.14 bits per heavy atom. The third-order valence-corrected chi connectivity index (χ3v) is 4.25. The van der Waals surface area contributed by atoms with Crippen LogP contribution >= 0.6 is 0 Å². The maximum Gasteiger partial charge on any atom is 0.244 e. The van der Waals surface area contributed by atoms with Crippen molar-refractivity contribution in [2.45, 2.75) is 6.42 Å². The highest BCUT2D eigenvalue weighted by Gasteiger charge is 2.07. The van der Waals surface area contributed by atoms with Gasteiger partial charge in [-0.3, -0.25) is 4.79 Å². The van der Waals surface area contributed by atoms with Gasteiger partial charge in [0.05, 0.1) is 27.0 Å². The zero-order chi connectivity index (χ0) is 19.9. The average molecular weight is 381 g/mol. The van der Waals surface area contributed by atoms with Crippen molar-refractivity contribution in [3.63, 3.8) is 0 Å². The quantitative estimate of drug-likeness (QED) is 0.608. The van der Waals surface area contributed by atoms with Gasteiger partial charge in [0.15, 0.2) is 11.4 Å². The molecule has 0 bridgehead atoms. The molecule has 0 aliphatic heterocycles. The molecule has 1 aromatic carbocycles. The number of aromatic nitrogens is 2. The molecule has 2 heterocycles. The number of benzene rings is 1. The van der Waals surface area contributed by atoms with Gasteiger partial charge in [-0.1, -0.05) is 0 Å². The third kappa shape index (κ3) is 4.43. The minimum Gasteiger partial charge on any atom is -0.497 e. The number of ether oxygens (including phenoxy) is 3. The minimum atomic E-state index is -0.189. The molecule has 146 valence electrons. The minimum absolute atomic E-state index is 0.189. The van der Waals surface area contributed by atoms with Crippen LogP contribution in [0.5, 0.6) is 17.2 Å². The fourth-order valence-electron chi connectivity index (χ4n) is 2.83. The van der Waals surface area contributed by atoms with Crippen molar-refractivity contribution < 1.29 is 19.0 Å². The SMILES string of the molecule is COc1ccc(OC)c(/C=C/C(=O)NCCc2cn3cccc(OC)c3n2)c1. The molecule has 0 aliphatic rings. The Morgan fingerprint density at radius 3 is 2.71 bits per heavy atom. The number of pyridine rings is 1. The number of hydrogen-bond acceptors (Lipinski definition) is 5. The average Bonchev–Trinajstić information content (AvgIpc) is 3.14. The van der Waals surface area contributed by atoms with E-state index in [4.69, 9.17) is 14.2 Å². The fourth-order valence-corrected chi connectivity index (χ4v) is 2.83. The lowest BCUT2D eigenvalue weighted by molar-refractivity contribution is -0.116. The highest BCUT2D eigenvalue weighted by molar-refractivity contribution is 5.92. The zero-order valence-electron chi connectivity index (χ0n) is 16.1. The molecule has 1 N–H and O–H groups in total. The summed E-state index contributed by atoms with van der Waals surface area (Å²) < 4.78 is 17.7. The van der Waals surface area contributed by atoms with Crippen molar-refractivity contribution in [1.82, 2.24) is 14.7 Å². The van der Waals surface area contributed by atoms with Crippen LogP contribution in [0.25, 0.3) is 11.7 Å². The predicted molar refractivity (Wildman–Crippen MR) is 107 cm³/mol. The lowest BCUT2D eigenvalue weighted by Gasteiger charge is -2.07. The maximum absolute atomic E-state index is 12.1. The molecule has 0 saturated heterocycles. The highest BCUT2D eigenvalue weighted by atomic mass is 16.5. The van der Waals surface area contributed by atoms with Crippen LogP contribution in [0.4, 0.5) is 0 Å². The standard InChI is InChI=1S/C21H23N3O4/c1-26-17-7-8-18(27-2)15(13-17)6-9-20(25)22-11-10-16-14-24-12-4-5-19(28-3)21(24)23-16/h4-9,12-14H,10-11H2,1-3H3,(H,22,25)/b9-6+. The summed E-state index contributed by atoms with van der Waals surface area (Å²) in [5.41, 5.74) is 2.41. The maximum atomic E-state index is 12.1. The molecule has 3 rings (SSSR count). The molecule has 28 heavy (non-hydrogen) atoms. The number of nitrogens with zero attached hydrogens (tertiary/aromatic N) is 2. The van der Waals surface area contributed by atoms with E-state index in [1.807, 2.05) is 35.0 Å². The second kappa shape index (κ2) is 8.94. The molecule has 7 nitrogen and oxygen atoms in total. The molecule has 3 aromatic rings. The van der Waals surface area contributed by atoms with Gasteiger partial charge in [-0.25, -0.2) is 4.98 Å². The van der Waals surface area contributed by atoms with Crippen molar-refractivity contribution in [3.8, 4) is 17.2 Å². The number of nitrogens with one attached hydrogen (secondary N) is 1. The number of amides is 1. The van der Waals surface area contributed by atoms with E-state index in [-0.39, 0.29) is 5.91 Å². The third-order valence-electron chi connectivity index (χ3n) is 4.25. The van der Waals surface area contributed by atoms with Crippen LogP contribution in [0.2, 0.25) is 0 Å². The molecule has 0 unspecified atom stereocenters. The first-order valence-electron chi connectivity index (χ1n) is 8.83. The Morgan fingerprint density at radius 2 is 1.96 bits per heavy atom. The molecular formula is C21H23N3O4. The molecule has 0 spiro atoms. The fraction of sp³-hybridized carbons (Fsp3) is 0.238. The summed E-state index contributed by atoms with van der Waals surface area (Å²) in [5, 5.41) is 2.86. The largest absolute Gasteiger partial charge is 0.497 e. The van der Waals surface area contributed by atoms with Crippen LogP contribution in [0.1, 0.15) is 11.3 Å². The zero-order valence-corrected chi connectivity index (χ0v) is 16.1. The van der Waals surface area contributed by atoms with E-state index in [9.17, 15) is 4.79 Å². The summed E-state index contributed by atoms with van der Waals surface area (Å²) in [5.74, 6) is 1.89. The Labute approximate surface area is 163 Å². The number of imidazole rings is 1. The number of carbonyl (C=O) groups is 1. The van der Waals surface area contributed by atoms with E-state index in [0.717, 1.165) is 16.9 Å². The van der Waals surface area contributed by atoms with Gasteiger partial charge < -0.3 is 23.9 Å². The van der Waals surface area contributed by atoms with Gasteiger partial charge in [-0.15, -0.1) is 0 Å². The lowest BCUT2D eigenvalue weighted by atomic mass is 10.1. The molecule has 1 amide bonds. The highest BCUT2D eigenvalue weighted by Crippen LogP contribution is 2.25. The first-order chi connectivity index (χ1) is 13.6. The van der Waals surface area contributed by atoms with Crippen molar-refractivity contribution >= 4 is 17.6 Å². The molecule has 0 atom stereocenters. The van der Waals surface area contributed by atoms with Crippen LogP contribution in [0, 0.1) is 0 Å². The van der Waals surface area contributed by atoms with E-state index in [1.165, 1.54) is 6.08 Å². The Bertz CT molecular complexity index is 994. The van der Waals surface area contributed by atoms with Gasteiger partial charge >= 0.3 is 0 Å². The van der Waals surface area contributed by atoms with Crippen LogP contribution in [0.15, 0.2) is 48.8 Å². The molecule has 0 saturated carbocycles. The van der Waals surface area contributed by atoms with Crippen LogP contribution < -0.4 is 19.5 Å². The summed E-state index contributed by atoms with van der Waals surface area (Å²) >= 11 is 0. The van der Waals surface area contributed by atoms with Crippen molar-refractivity contribution in [3.05, 3.63) is 60.1 Å². The summed E-state index contributed by atoms with van der Waals surface area (Å²) in [6.07, 6.45) is 7.64. The van der Waals surface area contributed by atoms with Gasteiger partial charge in [0.2, 0.25) is 5.91 Å².